The average Bonchev–Trinajstić information content (AvgIpc) is 3.02. The molecule has 10 nitrogen and oxygen atoms in total. The first kappa shape index (κ1) is 34.5. The number of benzene rings is 1. The summed E-state index contributed by atoms with van der Waals surface area (Å²) >= 11 is 0. The second-order valence-electron chi connectivity index (χ2n) is 9.73. The van der Waals surface area contributed by atoms with Crippen LogP contribution in [0.25, 0.3) is 0 Å². The van der Waals surface area contributed by atoms with Crippen LogP contribution >= 0.6 is 0 Å². The average molecular weight is 579 g/mol. The highest BCUT2D eigenvalue weighted by atomic mass is 16.5. The predicted molar refractivity (Wildman–Crippen MR) is 165 cm³/mol. The molecule has 1 amide bonds. The van der Waals surface area contributed by atoms with E-state index < -0.39 is 17.9 Å². The summed E-state index contributed by atoms with van der Waals surface area (Å²) in [6, 6.07) is 17.7. The Hall–Kier alpha value is -3.70. The maximum absolute atomic E-state index is 12.5. The second-order valence-corrected chi connectivity index (χ2v) is 9.73. The summed E-state index contributed by atoms with van der Waals surface area (Å²) in [6.45, 7) is 7.18. The molecule has 0 spiro atoms. The van der Waals surface area contributed by atoms with Crippen LogP contribution in [-0.2, 0) is 29.2 Å². The van der Waals surface area contributed by atoms with Gasteiger partial charge >= 0.3 is 5.97 Å². The van der Waals surface area contributed by atoms with Gasteiger partial charge < -0.3 is 31.5 Å². The molecule has 2 heterocycles. The number of nitrogens with two attached hydrogens (primary N) is 1. The number of carboxylic acids is 1. The molecule has 228 valence electrons. The Bertz CT molecular complexity index is 1110. The molecule has 10 heteroatoms. The summed E-state index contributed by atoms with van der Waals surface area (Å²) in [6.07, 6.45) is 7.82. The van der Waals surface area contributed by atoms with Crippen molar-refractivity contribution in [3.05, 3.63) is 95.6 Å². The van der Waals surface area contributed by atoms with Crippen LogP contribution in [0.5, 0.6) is 0 Å². The Labute approximate surface area is 249 Å². The Morgan fingerprint density at radius 2 is 1.50 bits per heavy atom. The van der Waals surface area contributed by atoms with Crippen molar-refractivity contribution in [2.75, 3.05) is 26.3 Å². The van der Waals surface area contributed by atoms with Gasteiger partial charge in [-0.3, -0.25) is 14.8 Å². The molecule has 0 unspecified atom stereocenters. The Balaban J connectivity index is 0.000000592. The van der Waals surface area contributed by atoms with E-state index in [0.29, 0.717) is 44.6 Å². The number of pyridine rings is 2. The second kappa shape index (κ2) is 22.0. The molecule has 0 aliphatic rings. The van der Waals surface area contributed by atoms with Crippen LogP contribution in [0.2, 0.25) is 0 Å². The number of aliphatic carboxylic acids is 1. The van der Waals surface area contributed by atoms with Crippen LogP contribution in [-0.4, -0.2) is 59.3 Å². The van der Waals surface area contributed by atoms with Crippen LogP contribution in [0.4, 0.5) is 0 Å². The van der Waals surface area contributed by atoms with Crippen LogP contribution in [0.3, 0.4) is 0 Å². The fraction of sp³-hybridized carbons (Fsp3) is 0.438. The number of carbonyl (C=O) groups is 2. The van der Waals surface area contributed by atoms with E-state index in [9.17, 15) is 14.7 Å². The van der Waals surface area contributed by atoms with Gasteiger partial charge in [0, 0.05) is 50.8 Å². The molecule has 2 aromatic heterocycles. The number of aromatic nitrogens is 2. The minimum atomic E-state index is -1.04. The third-order valence-corrected chi connectivity index (χ3v) is 6.19. The van der Waals surface area contributed by atoms with Gasteiger partial charge in [0.15, 0.2) is 0 Å². The lowest BCUT2D eigenvalue weighted by Gasteiger charge is -2.15. The van der Waals surface area contributed by atoms with E-state index in [1.807, 2.05) is 48.5 Å². The summed E-state index contributed by atoms with van der Waals surface area (Å²) < 4.78 is 5.23. The molecule has 0 saturated carbocycles. The molecule has 0 aliphatic carbocycles. The largest absolute Gasteiger partial charge is 0.480 e. The summed E-state index contributed by atoms with van der Waals surface area (Å²) in [5, 5.41) is 18.6. The molecular weight excluding hydrogens is 532 g/mol. The first-order valence-corrected chi connectivity index (χ1v) is 14.6. The van der Waals surface area contributed by atoms with Crippen molar-refractivity contribution in [3.63, 3.8) is 0 Å². The number of carbonyl (C=O) groups excluding carboxylic acids is 1. The number of nitrogens with one attached hydrogen (secondary N) is 3. The van der Waals surface area contributed by atoms with E-state index in [-0.39, 0.29) is 0 Å². The third-order valence-electron chi connectivity index (χ3n) is 6.19. The number of carboxylic acid groups (broad SMARTS) is 1. The molecule has 0 radical (unpaired) electrons. The molecule has 0 saturated heterocycles. The summed E-state index contributed by atoms with van der Waals surface area (Å²) in [7, 11) is 0. The lowest BCUT2D eigenvalue weighted by atomic mass is 10.1. The number of ether oxygens (including phenoxy) is 1. The van der Waals surface area contributed by atoms with Crippen molar-refractivity contribution in [3.8, 4) is 0 Å². The zero-order chi connectivity index (χ0) is 30.3. The summed E-state index contributed by atoms with van der Waals surface area (Å²) in [4.78, 5) is 32.6. The summed E-state index contributed by atoms with van der Waals surface area (Å²) in [5.74, 6) is -1.43. The van der Waals surface area contributed by atoms with Gasteiger partial charge in [0.05, 0.1) is 11.4 Å². The quantitative estimate of drug-likeness (QED) is 0.134. The van der Waals surface area contributed by atoms with Crippen LogP contribution in [0.15, 0.2) is 73.1 Å². The smallest absolute Gasteiger partial charge is 0.326 e. The number of hydrogen-bond donors (Lipinski definition) is 5. The van der Waals surface area contributed by atoms with Gasteiger partial charge in [-0.2, -0.15) is 0 Å². The minimum Gasteiger partial charge on any atom is -0.480 e. The van der Waals surface area contributed by atoms with E-state index in [2.05, 4.69) is 32.8 Å². The van der Waals surface area contributed by atoms with E-state index in [1.165, 1.54) is 12.8 Å². The molecule has 6 N–H and O–H groups in total. The Kier molecular flexibility index (Phi) is 18.0. The van der Waals surface area contributed by atoms with Crippen molar-refractivity contribution in [1.29, 1.82) is 0 Å². The number of nitrogens with zero attached hydrogens (tertiary/aromatic N) is 2. The fourth-order valence-electron chi connectivity index (χ4n) is 3.79. The molecular formula is C32H46N6O4. The van der Waals surface area contributed by atoms with Gasteiger partial charge in [0.25, 0.3) is 5.91 Å². The minimum absolute atomic E-state index is 0.339. The van der Waals surface area contributed by atoms with Gasteiger partial charge in [-0.25, -0.2) is 4.79 Å². The molecule has 1 atom stereocenters. The molecule has 1 aromatic carbocycles. The van der Waals surface area contributed by atoms with Crippen molar-refractivity contribution in [2.24, 2.45) is 5.73 Å². The fourth-order valence-corrected chi connectivity index (χ4v) is 3.79. The SMILES string of the molecule is CCCCOCCCN.O=C(N[C@@H](CCCNCc1ccccn1)C(=O)O)c1ccc(CNCc2ccccn2)cc1. The van der Waals surface area contributed by atoms with Gasteiger partial charge in [0.2, 0.25) is 0 Å². The van der Waals surface area contributed by atoms with Crippen LogP contribution in [0, 0.1) is 0 Å². The summed E-state index contributed by atoms with van der Waals surface area (Å²) in [5.41, 5.74) is 8.61. The number of amides is 1. The highest BCUT2D eigenvalue weighted by Crippen LogP contribution is 2.07. The zero-order valence-electron chi connectivity index (χ0n) is 24.6. The Morgan fingerprint density at radius 1 is 0.857 bits per heavy atom. The molecule has 0 fully saturated rings. The third kappa shape index (κ3) is 15.3. The number of hydrogen-bond acceptors (Lipinski definition) is 8. The van der Waals surface area contributed by atoms with Gasteiger partial charge in [-0.05, 0) is 80.7 Å². The van der Waals surface area contributed by atoms with Gasteiger partial charge in [-0.1, -0.05) is 37.6 Å². The van der Waals surface area contributed by atoms with Crippen LogP contribution < -0.4 is 21.7 Å². The molecule has 3 rings (SSSR count). The topological polar surface area (TPSA) is 151 Å². The van der Waals surface area contributed by atoms with E-state index in [1.54, 1.807) is 24.5 Å². The monoisotopic (exact) mass is 578 g/mol. The van der Waals surface area contributed by atoms with E-state index in [4.69, 9.17) is 10.5 Å². The molecule has 0 bridgehead atoms. The Morgan fingerprint density at radius 3 is 2.07 bits per heavy atom. The maximum atomic E-state index is 12.5. The molecule has 3 aromatic rings. The van der Waals surface area contributed by atoms with E-state index >= 15 is 0 Å². The molecule has 42 heavy (non-hydrogen) atoms. The number of rotatable bonds is 19. The maximum Gasteiger partial charge on any atom is 0.326 e. The molecule has 0 aliphatic heterocycles. The van der Waals surface area contributed by atoms with E-state index in [0.717, 1.165) is 43.1 Å². The lowest BCUT2D eigenvalue weighted by molar-refractivity contribution is -0.139. The highest BCUT2D eigenvalue weighted by Gasteiger charge is 2.20. The van der Waals surface area contributed by atoms with Crippen molar-refractivity contribution < 1.29 is 19.4 Å². The van der Waals surface area contributed by atoms with Gasteiger partial charge in [-0.15, -0.1) is 0 Å². The first-order valence-electron chi connectivity index (χ1n) is 14.6. The zero-order valence-corrected chi connectivity index (χ0v) is 24.6. The highest BCUT2D eigenvalue weighted by molar-refractivity contribution is 5.96. The standard InChI is InChI=1S/C25H29N5O3.C7H17NO/c31-24(20-11-9-19(10-12-20)16-27-18-22-7-2-4-15-29-22)30-23(25(32)33)8-5-13-26-17-21-6-1-3-14-28-21;1-2-3-6-9-7-4-5-8/h1-4,6-7,9-12,14-15,23,26-27H,5,8,13,16-18H2,(H,30,31)(H,32,33);2-8H2,1H3/t23-;/m0./s1. The van der Waals surface area contributed by atoms with Crippen molar-refractivity contribution >= 4 is 11.9 Å². The van der Waals surface area contributed by atoms with Gasteiger partial charge in [0.1, 0.15) is 6.04 Å². The van der Waals surface area contributed by atoms with Crippen molar-refractivity contribution in [1.82, 2.24) is 25.9 Å². The first-order chi connectivity index (χ1) is 20.5. The van der Waals surface area contributed by atoms with Crippen molar-refractivity contribution in [2.45, 2.75) is 64.7 Å². The number of unbranched alkanes of at least 4 members (excludes halogenated alkanes) is 1. The lowest BCUT2D eigenvalue weighted by Crippen LogP contribution is -2.41. The van der Waals surface area contributed by atoms with Crippen LogP contribution in [0.1, 0.15) is 66.3 Å². The predicted octanol–water partition coefficient (Wildman–Crippen LogP) is 3.67. The normalized spacial score (nSPS) is 11.3.